The molecule has 0 unspecified atom stereocenters. The van der Waals surface area contributed by atoms with Crippen LogP contribution >= 0.6 is 24.8 Å². The van der Waals surface area contributed by atoms with Crippen LogP contribution in [-0.4, -0.2) is 7.85 Å². The first-order chi connectivity index (χ1) is 3.41. The monoisotopic (exact) mass is 170 g/mol. The minimum atomic E-state index is 0. The lowest BCUT2D eigenvalue weighted by Gasteiger charge is -1.90. The third-order valence-electron chi connectivity index (χ3n) is 1.21. The molecule has 0 aromatic rings. The van der Waals surface area contributed by atoms with Gasteiger partial charge in [0.15, 0.2) is 0 Å². The maximum atomic E-state index is 2.25. The zero-order valence-corrected chi connectivity index (χ0v) is 7.99. The average Bonchev–Trinajstić information content (AvgIpc) is 1.69. The number of hydrogen-bond donors (Lipinski definition) is 0. The lowest BCUT2D eigenvalue weighted by Crippen LogP contribution is -1.72. The molecule has 0 N–H and O–H groups in total. The van der Waals surface area contributed by atoms with Crippen molar-refractivity contribution in [2.24, 2.45) is 0 Å². The van der Waals surface area contributed by atoms with Gasteiger partial charge in [-0.2, -0.15) is 0 Å². The molecule has 0 amide bonds. The van der Waals surface area contributed by atoms with Crippen molar-refractivity contribution in [2.75, 3.05) is 0 Å². The van der Waals surface area contributed by atoms with Gasteiger partial charge in [-0.05, 0) is 0 Å². The first kappa shape index (κ1) is 16.3. The Kier molecular flexibility index (Phi) is 28.8. The molecule has 58 valence electrons. The molecule has 0 aromatic heterocycles. The van der Waals surface area contributed by atoms with Gasteiger partial charge in [-0.25, -0.2) is 0 Å². The van der Waals surface area contributed by atoms with Crippen molar-refractivity contribution in [3.8, 4) is 0 Å². The van der Waals surface area contributed by atoms with E-state index in [-0.39, 0.29) is 24.8 Å². The fourth-order valence-electron chi connectivity index (χ4n) is 0.677. The number of halogens is 2. The van der Waals surface area contributed by atoms with Crippen LogP contribution in [0.3, 0.4) is 0 Å². The number of rotatable bonds is 4. The highest BCUT2D eigenvalue weighted by Crippen LogP contribution is 1.99. The molecule has 0 aliphatic heterocycles. The minimum Gasteiger partial charge on any atom is -0.147 e. The summed E-state index contributed by atoms with van der Waals surface area (Å²) in [5, 5.41) is 0. The third kappa shape index (κ3) is 17.7. The number of hydrogen-bond acceptors (Lipinski definition) is 0. The molecule has 0 rings (SSSR count). The molecule has 9 heavy (non-hydrogen) atoms. The van der Waals surface area contributed by atoms with Crippen LogP contribution in [0.4, 0.5) is 0 Å². The predicted octanol–water partition coefficient (Wildman–Crippen LogP) is 2.46. The summed E-state index contributed by atoms with van der Waals surface area (Å²) in [6.45, 7) is 2.25. The van der Waals surface area contributed by atoms with Gasteiger partial charge in [0.05, 0.1) is 0 Å². The van der Waals surface area contributed by atoms with Crippen LogP contribution in [-0.2, 0) is 0 Å². The van der Waals surface area contributed by atoms with E-state index in [0.717, 1.165) is 0 Å². The van der Waals surface area contributed by atoms with Crippen LogP contribution in [0.5, 0.6) is 0 Å². The number of unbranched alkanes of at least 4 members (excludes halogenated alkanes) is 3. The molecule has 0 aliphatic carbocycles. The molecule has 0 saturated carbocycles. The third-order valence-corrected chi connectivity index (χ3v) is 1.21. The molecular weight excluding hydrogens is 154 g/mol. The first-order valence-corrected chi connectivity index (χ1v) is 3.41. The van der Waals surface area contributed by atoms with Crippen LogP contribution in [0.25, 0.3) is 0 Å². The summed E-state index contributed by atoms with van der Waals surface area (Å²) >= 11 is 0. The summed E-state index contributed by atoms with van der Waals surface area (Å²) in [5.74, 6) is 0. The van der Waals surface area contributed by atoms with Crippen molar-refractivity contribution in [1.82, 2.24) is 0 Å². The largest absolute Gasteiger partial charge is 0.147 e. The van der Waals surface area contributed by atoms with Gasteiger partial charge in [0.1, 0.15) is 7.85 Å². The fraction of sp³-hybridized carbons (Fsp3) is 1.00. The molecule has 3 heteroatoms. The maximum Gasteiger partial charge on any atom is 0.101 e. The Morgan fingerprint density at radius 2 is 1.56 bits per heavy atom. The van der Waals surface area contributed by atoms with Gasteiger partial charge in [-0.15, -0.1) is 24.8 Å². The highest BCUT2D eigenvalue weighted by atomic mass is 35.5. The Bertz CT molecular complexity index is 30.2. The zero-order valence-electron chi connectivity index (χ0n) is 6.35. The molecule has 0 heterocycles. The van der Waals surface area contributed by atoms with Crippen molar-refractivity contribution in [3.63, 3.8) is 0 Å². The van der Waals surface area contributed by atoms with Crippen LogP contribution in [0.15, 0.2) is 0 Å². The van der Waals surface area contributed by atoms with E-state index >= 15 is 0 Å². The van der Waals surface area contributed by atoms with Crippen LogP contribution < -0.4 is 0 Å². The summed E-state index contributed by atoms with van der Waals surface area (Å²) in [7, 11) is 2.25. The zero-order chi connectivity index (χ0) is 5.54. The summed E-state index contributed by atoms with van der Waals surface area (Å²) in [4.78, 5) is 0. The van der Waals surface area contributed by atoms with Crippen molar-refractivity contribution in [3.05, 3.63) is 0 Å². The van der Waals surface area contributed by atoms with E-state index in [2.05, 4.69) is 14.8 Å². The minimum absolute atomic E-state index is 0. The summed E-state index contributed by atoms with van der Waals surface area (Å²) in [6.07, 6.45) is 7.01. The van der Waals surface area contributed by atoms with E-state index in [1.54, 1.807) is 0 Å². The van der Waals surface area contributed by atoms with Gasteiger partial charge in [0, 0.05) is 0 Å². The first-order valence-electron chi connectivity index (χ1n) is 3.41. The molecule has 0 aliphatic rings. The van der Waals surface area contributed by atoms with Gasteiger partial charge in [-0.1, -0.05) is 38.9 Å². The molecule has 0 radical (unpaired) electrons. The van der Waals surface area contributed by atoms with Crippen LogP contribution in [0, 0.1) is 0 Å². The Morgan fingerprint density at radius 1 is 1.00 bits per heavy atom. The second kappa shape index (κ2) is 15.9. The second-order valence-corrected chi connectivity index (χ2v) is 2.06. The molecule has 0 spiro atoms. The summed E-state index contributed by atoms with van der Waals surface area (Å²) < 4.78 is 0. The highest BCUT2D eigenvalue weighted by molar-refractivity contribution is 6.08. The van der Waals surface area contributed by atoms with Crippen LogP contribution in [0.2, 0.25) is 6.32 Å². The Balaban J connectivity index is -0.000000180. The van der Waals surface area contributed by atoms with Gasteiger partial charge in [0.2, 0.25) is 0 Å². The van der Waals surface area contributed by atoms with E-state index in [1.165, 1.54) is 32.0 Å². The van der Waals surface area contributed by atoms with Crippen molar-refractivity contribution in [1.29, 1.82) is 0 Å². The van der Waals surface area contributed by atoms with E-state index in [9.17, 15) is 0 Å². The standard InChI is InChI=1S/C6H15B.2ClH/c1-2-3-4-5-6-7;;/h2-7H2,1H3;2*1H. The van der Waals surface area contributed by atoms with Crippen molar-refractivity contribution in [2.45, 2.75) is 38.9 Å². The lowest BCUT2D eigenvalue weighted by atomic mass is 9.99. The fourth-order valence-corrected chi connectivity index (χ4v) is 0.677. The molecule has 0 saturated heterocycles. The lowest BCUT2D eigenvalue weighted by molar-refractivity contribution is 0.701. The van der Waals surface area contributed by atoms with Crippen molar-refractivity contribution >= 4 is 32.7 Å². The molecule has 0 bridgehead atoms. The summed E-state index contributed by atoms with van der Waals surface area (Å²) in [6, 6.07) is 0. The summed E-state index contributed by atoms with van der Waals surface area (Å²) in [5.41, 5.74) is 0. The van der Waals surface area contributed by atoms with Gasteiger partial charge < -0.3 is 0 Å². The SMILES string of the molecule is BCCCCCC.Cl.Cl. The normalized spacial score (nSPS) is 7.22. The smallest absolute Gasteiger partial charge is 0.101 e. The topological polar surface area (TPSA) is 0 Å². The highest BCUT2D eigenvalue weighted by Gasteiger charge is 1.80. The van der Waals surface area contributed by atoms with Gasteiger partial charge in [0.25, 0.3) is 0 Å². The Hall–Kier alpha value is 0.645. The van der Waals surface area contributed by atoms with Gasteiger partial charge in [-0.3, -0.25) is 0 Å². The van der Waals surface area contributed by atoms with Crippen molar-refractivity contribution < 1.29 is 0 Å². The van der Waals surface area contributed by atoms with E-state index < -0.39 is 0 Å². The Labute approximate surface area is 72.0 Å². The quantitative estimate of drug-likeness (QED) is 0.450. The Morgan fingerprint density at radius 3 is 1.89 bits per heavy atom. The molecule has 0 aromatic carbocycles. The molecule has 0 fully saturated rings. The van der Waals surface area contributed by atoms with E-state index in [4.69, 9.17) is 0 Å². The second-order valence-electron chi connectivity index (χ2n) is 2.06. The molecule has 0 atom stereocenters. The van der Waals surface area contributed by atoms with E-state index in [1.807, 2.05) is 0 Å². The van der Waals surface area contributed by atoms with Crippen LogP contribution in [0.1, 0.15) is 32.6 Å². The average molecular weight is 171 g/mol. The molecule has 0 nitrogen and oxygen atoms in total. The predicted molar refractivity (Wildman–Crippen MR) is 52.0 cm³/mol. The van der Waals surface area contributed by atoms with Gasteiger partial charge >= 0.3 is 0 Å². The molecular formula is C6H17BCl2. The maximum absolute atomic E-state index is 2.25. The van der Waals surface area contributed by atoms with E-state index in [0.29, 0.717) is 0 Å².